The molecule has 192 valence electrons. The number of ether oxygens (including phenoxy) is 1. The third kappa shape index (κ3) is 15.2. The number of carbonyl (C=O) groups is 1. The zero-order chi connectivity index (χ0) is 25.0. The minimum Gasteiger partial charge on any atom is -0.462 e. The number of hydrogen-bond acceptors (Lipinski definition) is 9. The van der Waals surface area contributed by atoms with Crippen LogP contribution in [0.1, 0.15) is 40.5 Å². The number of esters is 1. The molecule has 0 fully saturated rings. The van der Waals surface area contributed by atoms with Gasteiger partial charge < -0.3 is 38.3 Å². The van der Waals surface area contributed by atoms with E-state index in [4.69, 9.17) is 38.3 Å². The van der Waals surface area contributed by atoms with Crippen LogP contribution in [0.25, 0.3) is 0 Å². The summed E-state index contributed by atoms with van der Waals surface area (Å²) in [5.74, 6) is 0.0677. The summed E-state index contributed by atoms with van der Waals surface area (Å²) in [5, 5.41) is 0. The van der Waals surface area contributed by atoms with Gasteiger partial charge in [0.1, 0.15) is 0 Å². The summed E-state index contributed by atoms with van der Waals surface area (Å²) in [6.45, 7) is 16.3. The summed E-state index contributed by atoms with van der Waals surface area (Å²) in [6, 6.07) is 1.57. The summed E-state index contributed by atoms with van der Waals surface area (Å²) < 4.78 is 32.9. The van der Waals surface area contributed by atoms with Crippen molar-refractivity contribution in [1.82, 2.24) is 0 Å². The lowest BCUT2D eigenvalue weighted by molar-refractivity contribution is -0.139. The molecule has 11 heteroatoms. The molecule has 0 saturated heterocycles. The molecule has 4 N–H and O–H groups in total. The van der Waals surface area contributed by atoms with E-state index in [-0.39, 0.29) is 5.97 Å². The Bertz CT molecular complexity index is 478. The van der Waals surface area contributed by atoms with Crippen molar-refractivity contribution in [2.24, 2.45) is 17.4 Å². The lowest BCUT2D eigenvalue weighted by Gasteiger charge is -2.28. The molecule has 0 aromatic rings. The van der Waals surface area contributed by atoms with Gasteiger partial charge in [-0.1, -0.05) is 6.58 Å². The van der Waals surface area contributed by atoms with E-state index in [1.165, 1.54) is 0 Å². The summed E-state index contributed by atoms with van der Waals surface area (Å²) in [5.41, 5.74) is 11.5. The lowest BCUT2D eigenvalue weighted by Crippen LogP contribution is -2.46. The molecule has 0 bridgehead atoms. The lowest BCUT2D eigenvalue weighted by atomic mass is 10.1. The van der Waals surface area contributed by atoms with Gasteiger partial charge in [0.15, 0.2) is 0 Å². The minimum atomic E-state index is -2.61. The van der Waals surface area contributed by atoms with E-state index in [2.05, 4.69) is 6.58 Å². The molecular weight excluding hydrogens is 448 g/mol. The Morgan fingerprint density at radius 2 is 1.50 bits per heavy atom. The van der Waals surface area contributed by atoms with Crippen LogP contribution in [0.4, 0.5) is 0 Å². The first-order valence-electron chi connectivity index (χ1n) is 11.4. The fourth-order valence-electron chi connectivity index (χ4n) is 2.89. The molecule has 0 aliphatic heterocycles. The Labute approximate surface area is 197 Å². The Balaban J connectivity index is 0. The highest BCUT2D eigenvalue weighted by atomic mass is 28.4. The second-order valence-electron chi connectivity index (χ2n) is 7.43. The van der Waals surface area contributed by atoms with Gasteiger partial charge in [0, 0.05) is 45.7 Å². The molecule has 0 aliphatic rings. The van der Waals surface area contributed by atoms with E-state index in [1.807, 2.05) is 27.3 Å². The minimum absolute atomic E-state index is 0.327. The predicted molar refractivity (Wildman–Crippen MR) is 132 cm³/mol. The van der Waals surface area contributed by atoms with E-state index in [9.17, 15) is 4.79 Å². The van der Waals surface area contributed by atoms with E-state index in [0.717, 1.165) is 12.5 Å². The predicted octanol–water partition coefficient (Wildman–Crippen LogP) is 2.82. The molecule has 1 atom stereocenters. The molecular formula is C21H48N2O7Si2. The molecule has 0 aromatic heterocycles. The van der Waals surface area contributed by atoms with Gasteiger partial charge in [-0.2, -0.15) is 0 Å². The Kier molecular flexibility index (Phi) is 20.7. The number of carbonyl (C=O) groups excluding carboxylic acids is 1. The average Bonchev–Trinajstić information content (AvgIpc) is 2.77. The van der Waals surface area contributed by atoms with Gasteiger partial charge >= 0.3 is 23.3 Å². The molecule has 0 heterocycles. The van der Waals surface area contributed by atoms with Crippen molar-refractivity contribution in [2.75, 3.05) is 53.7 Å². The van der Waals surface area contributed by atoms with Crippen molar-refractivity contribution in [3.63, 3.8) is 0 Å². The third-order valence-corrected chi connectivity index (χ3v) is 10.9. The average molecular weight is 497 g/mol. The zero-order valence-electron chi connectivity index (χ0n) is 21.4. The monoisotopic (exact) mass is 496 g/mol. The van der Waals surface area contributed by atoms with E-state index in [1.54, 1.807) is 21.1 Å². The molecule has 0 radical (unpaired) electrons. The Morgan fingerprint density at radius 1 is 1.00 bits per heavy atom. The van der Waals surface area contributed by atoms with Gasteiger partial charge in [-0.15, -0.1) is 0 Å². The van der Waals surface area contributed by atoms with Gasteiger partial charge in [-0.3, -0.25) is 0 Å². The molecule has 1 unspecified atom stereocenters. The Hall–Kier alpha value is -0.636. The van der Waals surface area contributed by atoms with E-state index < -0.39 is 17.4 Å². The largest absolute Gasteiger partial charge is 0.501 e. The van der Waals surface area contributed by atoms with Crippen LogP contribution >= 0.6 is 0 Å². The van der Waals surface area contributed by atoms with Crippen LogP contribution in [0.3, 0.4) is 0 Å². The highest BCUT2D eigenvalue weighted by molar-refractivity contribution is 6.66. The maximum absolute atomic E-state index is 11.2. The van der Waals surface area contributed by atoms with Crippen LogP contribution < -0.4 is 11.5 Å². The van der Waals surface area contributed by atoms with Gasteiger partial charge in [0.05, 0.1) is 6.61 Å². The fraction of sp³-hybridized carbons (Fsp3) is 0.857. The number of rotatable bonds is 18. The van der Waals surface area contributed by atoms with Crippen LogP contribution in [-0.2, 0) is 31.7 Å². The molecule has 9 nitrogen and oxygen atoms in total. The first-order valence-corrected chi connectivity index (χ1v) is 15.8. The third-order valence-electron chi connectivity index (χ3n) is 4.73. The SMILES string of the molecule is C=C(C)C(=O)OCCC[Si](OCC)(OCC)OCC.CO[Si](C)(CC(CN)CCN)OC. The maximum atomic E-state index is 11.2. The van der Waals surface area contributed by atoms with Crippen LogP contribution in [0.15, 0.2) is 12.2 Å². The standard InChI is InChI=1S/C13H26O5Si.C8H22N2O2Si/c1-6-16-19(17-7-2,18-8-3)11-9-10-15-13(14)12(4)5;1-11-13(3,12-2)7-8(6-10)4-5-9/h4,6-11H2,1-3,5H3;8H,4-7,9-10H2,1-3H3. The summed E-state index contributed by atoms with van der Waals surface area (Å²) in [4.78, 5) is 11.2. The zero-order valence-corrected chi connectivity index (χ0v) is 23.4. The van der Waals surface area contributed by atoms with E-state index >= 15 is 0 Å². The molecule has 32 heavy (non-hydrogen) atoms. The smallest absolute Gasteiger partial charge is 0.462 e. The van der Waals surface area contributed by atoms with Crippen molar-refractivity contribution >= 4 is 23.3 Å². The van der Waals surface area contributed by atoms with Crippen molar-refractivity contribution in [2.45, 2.75) is 59.2 Å². The molecule has 0 rings (SSSR count). The van der Waals surface area contributed by atoms with Gasteiger partial charge in [0.2, 0.25) is 0 Å². The summed E-state index contributed by atoms with van der Waals surface area (Å²) in [6.07, 6.45) is 1.61. The van der Waals surface area contributed by atoms with Crippen LogP contribution in [0, 0.1) is 5.92 Å². The highest BCUT2D eigenvalue weighted by Gasteiger charge is 2.39. The molecule has 0 aromatic carbocycles. The second kappa shape index (κ2) is 19.8. The molecule has 0 aliphatic carbocycles. The molecule has 0 saturated carbocycles. The van der Waals surface area contributed by atoms with Gasteiger partial charge in [0.25, 0.3) is 0 Å². The first kappa shape index (κ1) is 33.5. The van der Waals surface area contributed by atoms with Crippen molar-refractivity contribution in [1.29, 1.82) is 0 Å². The highest BCUT2D eigenvalue weighted by Crippen LogP contribution is 2.20. The quantitative estimate of drug-likeness (QED) is 0.127. The molecule has 0 amide bonds. The van der Waals surface area contributed by atoms with Crippen LogP contribution in [0.5, 0.6) is 0 Å². The maximum Gasteiger partial charge on any atom is 0.501 e. The normalized spacial score (nSPS) is 12.7. The summed E-state index contributed by atoms with van der Waals surface area (Å²) in [7, 11) is -1.16. The van der Waals surface area contributed by atoms with Crippen molar-refractivity contribution < 1.29 is 31.7 Å². The fourth-order valence-corrected chi connectivity index (χ4v) is 7.39. The van der Waals surface area contributed by atoms with Crippen molar-refractivity contribution in [3.05, 3.63) is 12.2 Å². The van der Waals surface area contributed by atoms with Crippen LogP contribution in [0.2, 0.25) is 18.6 Å². The second-order valence-corrected chi connectivity index (χ2v) is 13.7. The topological polar surface area (TPSA) is 124 Å². The van der Waals surface area contributed by atoms with E-state index in [0.29, 0.717) is 63.5 Å². The summed E-state index contributed by atoms with van der Waals surface area (Å²) >= 11 is 0. The Morgan fingerprint density at radius 3 is 1.84 bits per heavy atom. The van der Waals surface area contributed by atoms with Gasteiger partial charge in [-0.05, 0) is 72.1 Å². The van der Waals surface area contributed by atoms with Gasteiger partial charge in [-0.25, -0.2) is 4.79 Å². The number of nitrogens with two attached hydrogens (primary N) is 2. The number of hydrogen-bond donors (Lipinski definition) is 2. The first-order chi connectivity index (χ1) is 15.1. The van der Waals surface area contributed by atoms with Crippen LogP contribution in [-0.4, -0.2) is 77.1 Å². The van der Waals surface area contributed by atoms with Crippen molar-refractivity contribution in [3.8, 4) is 0 Å². The molecule has 0 spiro atoms.